The van der Waals surface area contributed by atoms with Crippen LogP contribution in [0.3, 0.4) is 0 Å². The number of likely N-dealkylation sites (tertiary alicyclic amines) is 1. The van der Waals surface area contributed by atoms with Crippen molar-refractivity contribution in [3.8, 4) is 0 Å². The molecule has 0 aromatic carbocycles. The smallest absolute Gasteiger partial charge is 0.0390 e. The van der Waals surface area contributed by atoms with E-state index < -0.39 is 0 Å². The lowest BCUT2D eigenvalue weighted by Crippen LogP contribution is -2.31. The van der Waals surface area contributed by atoms with E-state index in [0.717, 1.165) is 12.5 Å². The summed E-state index contributed by atoms with van der Waals surface area (Å²) in [6, 6.07) is 4.26. The number of aromatic amines is 1. The highest BCUT2D eigenvalue weighted by molar-refractivity contribution is 5.15. The second kappa shape index (κ2) is 2.38. The molecule has 2 atom stereocenters. The summed E-state index contributed by atoms with van der Waals surface area (Å²) in [6.07, 6.45) is 4.85. The normalized spacial score (nSPS) is 37.8. The van der Waals surface area contributed by atoms with Gasteiger partial charge in [0.05, 0.1) is 0 Å². The summed E-state index contributed by atoms with van der Waals surface area (Å²) in [4.78, 5) is 5.91. The molecule has 1 unspecified atom stereocenters. The van der Waals surface area contributed by atoms with Gasteiger partial charge >= 0.3 is 0 Å². The van der Waals surface area contributed by atoms with Crippen LogP contribution >= 0.6 is 0 Å². The summed E-state index contributed by atoms with van der Waals surface area (Å²) in [5, 5.41) is 0. The van der Waals surface area contributed by atoms with Crippen LogP contribution in [0.5, 0.6) is 0 Å². The fourth-order valence-corrected chi connectivity index (χ4v) is 2.74. The van der Waals surface area contributed by atoms with Crippen LogP contribution in [0.4, 0.5) is 0 Å². The highest BCUT2D eigenvalue weighted by atomic mass is 15.3. The van der Waals surface area contributed by atoms with Crippen LogP contribution in [0, 0.1) is 5.92 Å². The molecule has 2 heterocycles. The monoisotopic (exact) mass is 176 g/mol. The van der Waals surface area contributed by atoms with Crippen molar-refractivity contribution in [2.45, 2.75) is 31.8 Å². The Labute approximate surface area is 78.9 Å². The minimum Gasteiger partial charge on any atom is -0.364 e. The molecule has 0 bridgehead atoms. The molecule has 0 radical (unpaired) electrons. The predicted octanol–water partition coefficient (Wildman–Crippen LogP) is 2.00. The van der Waals surface area contributed by atoms with Crippen molar-refractivity contribution < 1.29 is 0 Å². The van der Waals surface area contributed by atoms with Gasteiger partial charge in [-0.05, 0) is 44.4 Å². The van der Waals surface area contributed by atoms with Crippen LogP contribution < -0.4 is 0 Å². The molecule has 3 rings (SSSR count). The lowest BCUT2D eigenvalue weighted by Gasteiger charge is -2.24. The molecule has 0 amide bonds. The fourth-order valence-electron chi connectivity index (χ4n) is 2.74. The summed E-state index contributed by atoms with van der Waals surface area (Å²) in [6.45, 7) is 4.81. The van der Waals surface area contributed by atoms with Crippen molar-refractivity contribution in [3.05, 3.63) is 24.0 Å². The maximum atomic E-state index is 3.28. The first-order valence-corrected chi connectivity index (χ1v) is 5.16. The number of hydrogen-bond donors (Lipinski definition) is 1. The maximum absolute atomic E-state index is 3.28. The van der Waals surface area contributed by atoms with Gasteiger partial charge in [-0.2, -0.15) is 0 Å². The number of H-pyrrole nitrogens is 1. The Bertz CT molecular complexity index is 302. The van der Waals surface area contributed by atoms with E-state index in [1.807, 2.05) is 6.20 Å². The van der Waals surface area contributed by atoms with E-state index in [9.17, 15) is 0 Å². The zero-order chi connectivity index (χ0) is 8.89. The van der Waals surface area contributed by atoms with Crippen LogP contribution in [-0.4, -0.2) is 22.0 Å². The number of piperidine rings is 1. The molecular formula is C11H16N2. The van der Waals surface area contributed by atoms with E-state index in [-0.39, 0.29) is 0 Å². The van der Waals surface area contributed by atoms with Crippen molar-refractivity contribution in [1.29, 1.82) is 0 Å². The number of aromatic nitrogens is 1. The highest BCUT2D eigenvalue weighted by Gasteiger charge is 2.57. The fraction of sp³-hybridized carbons (Fsp3) is 0.636. The van der Waals surface area contributed by atoms with Gasteiger partial charge < -0.3 is 4.98 Å². The van der Waals surface area contributed by atoms with Gasteiger partial charge in [-0.3, -0.25) is 4.90 Å². The van der Waals surface area contributed by atoms with Crippen molar-refractivity contribution in [3.63, 3.8) is 0 Å². The summed E-state index contributed by atoms with van der Waals surface area (Å²) >= 11 is 0. The summed E-state index contributed by atoms with van der Waals surface area (Å²) < 4.78 is 0. The largest absolute Gasteiger partial charge is 0.364 e. The Morgan fingerprint density at radius 3 is 3.15 bits per heavy atom. The first-order valence-electron chi connectivity index (χ1n) is 5.16. The van der Waals surface area contributed by atoms with Gasteiger partial charge in [0, 0.05) is 24.0 Å². The Morgan fingerprint density at radius 1 is 1.69 bits per heavy atom. The summed E-state index contributed by atoms with van der Waals surface area (Å²) in [5.41, 5.74) is 1.92. The lowest BCUT2D eigenvalue weighted by atomic mass is 10.2. The first-order chi connectivity index (χ1) is 6.29. The van der Waals surface area contributed by atoms with Gasteiger partial charge in [-0.1, -0.05) is 0 Å². The zero-order valence-corrected chi connectivity index (χ0v) is 8.09. The molecular weight excluding hydrogens is 160 g/mol. The average Bonchev–Trinajstić information content (AvgIpc) is 2.53. The van der Waals surface area contributed by atoms with Crippen LogP contribution in [0.2, 0.25) is 0 Å². The molecule has 1 aliphatic carbocycles. The minimum atomic E-state index is 0.561. The second-order valence-corrected chi connectivity index (χ2v) is 4.66. The van der Waals surface area contributed by atoms with Crippen LogP contribution in [0.25, 0.3) is 0 Å². The third-order valence-corrected chi connectivity index (χ3v) is 3.87. The Balaban J connectivity index is 1.74. The highest BCUT2D eigenvalue weighted by Crippen LogP contribution is 2.55. The third kappa shape index (κ3) is 1.05. The van der Waals surface area contributed by atoms with Crippen molar-refractivity contribution in [2.75, 3.05) is 6.54 Å². The molecule has 1 aliphatic heterocycles. The van der Waals surface area contributed by atoms with E-state index in [2.05, 4.69) is 28.9 Å². The molecule has 1 aromatic rings. The number of fused-ring (bicyclic) bond motifs is 1. The summed E-state index contributed by atoms with van der Waals surface area (Å²) in [7, 11) is 0. The number of nitrogens with one attached hydrogen (secondary N) is 1. The van der Waals surface area contributed by atoms with Gasteiger partial charge in [-0.25, -0.2) is 0 Å². The standard InChI is InChI=1S/C11H16N2/c1-11-7-9(11)4-6-13(11)8-10-3-2-5-12-10/h2-3,5,9,12H,4,6-8H2,1H3/t9?,11-/m0/s1. The molecule has 0 spiro atoms. The molecule has 1 aromatic heterocycles. The molecule has 1 N–H and O–H groups in total. The molecule has 2 heteroatoms. The van der Waals surface area contributed by atoms with Crippen molar-refractivity contribution in [2.24, 2.45) is 5.92 Å². The molecule has 13 heavy (non-hydrogen) atoms. The van der Waals surface area contributed by atoms with Gasteiger partial charge in [0.1, 0.15) is 0 Å². The van der Waals surface area contributed by atoms with E-state index >= 15 is 0 Å². The van der Waals surface area contributed by atoms with Crippen LogP contribution in [0.1, 0.15) is 25.5 Å². The quantitative estimate of drug-likeness (QED) is 0.730. The van der Waals surface area contributed by atoms with E-state index in [4.69, 9.17) is 0 Å². The molecule has 1 saturated heterocycles. The molecule has 70 valence electrons. The number of hydrogen-bond acceptors (Lipinski definition) is 1. The van der Waals surface area contributed by atoms with Gasteiger partial charge in [0.25, 0.3) is 0 Å². The topological polar surface area (TPSA) is 19.0 Å². The Kier molecular flexibility index (Phi) is 1.40. The zero-order valence-electron chi connectivity index (χ0n) is 8.09. The Morgan fingerprint density at radius 2 is 2.62 bits per heavy atom. The second-order valence-electron chi connectivity index (χ2n) is 4.66. The van der Waals surface area contributed by atoms with Crippen LogP contribution in [0.15, 0.2) is 18.3 Å². The number of nitrogens with zero attached hydrogens (tertiary/aromatic N) is 1. The van der Waals surface area contributed by atoms with E-state index in [1.54, 1.807) is 0 Å². The molecule has 2 nitrogen and oxygen atoms in total. The van der Waals surface area contributed by atoms with Crippen LogP contribution in [-0.2, 0) is 6.54 Å². The van der Waals surface area contributed by atoms with E-state index in [0.29, 0.717) is 5.54 Å². The average molecular weight is 176 g/mol. The van der Waals surface area contributed by atoms with Gasteiger partial charge in [-0.15, -0.1) is 0 Å². The maximum Gasteiger partial charge on any atom is 0.0390 e. The van der Waals surface area contributed by atoms with Crippen molar-refractivity contribution in [1.82, 2.24) is 9.88 Å². The third-order valence-electron chi connectivity index (χ3n) is 3.87. The summed E-state index contributed by atoms with van der Waals surface area (Å²) in [5.74, 6) is 1.00. The molecule has 2 aliphatic rings. The first kappa shape index (κ1) is 7.63. The molecule has 1 saturated carbocycles. The lowest BCUT2D eigenvalue weighted by molar-refractivity contribution is 0.214. The van der Waals surface area contributed by atoms with Gasteiger partial charge in [0.15, 0.2) is 0 Å². The van der Waals surface area contributed by atoms with Gasteiger partial charge in [0.2, 0.25) is 0 Å². The van der Waals surface area contributed by atoms with E-state index in [1.165, 1.54) is 25.1 Å². The number of rotatable bonds is 2. The SMILES string of the molecule is C[C@]12CC1CCN2Cc1ccc[nH]1. The minimum absolute atomic E-state index is 0.561. The Hall–Kier alpha value is -0.760. The predicted molar refractivity (Wildman–Crippen MR) is 52.3 cm³/mol. The molecule has 2 fully saturated rings. The van der Waals surface area contributed by atoms with Crippen molar-refractivity contribution >= 4 is 0 Å².